The molecule has 0 aromatic heterocycles. The first-order chi connectivity index (χ1) is 49.0. The lowest BCUT2D eigenvalue weighted by atomic mass is 9.87. The Bertz CT molecular complexity index is 3420. The van der Waals surface area contributed by atoms with Crippen LogP contribution in [0, 0.1) is 35.3 Å². The van der Waals surface area contributed by atoms with Crippen LogP contribution in [0.15, 0.2) is 95.0 Å². The number of aliphatic hydroxyl groups is 4. The number of allylic oxidation sites excluding steroid dienone is 4. The third kappa shape index (κ3) is 27.3. The molecule has 7 N–H and O–H groups in total. The van der Waals surface area contributed by atoms with E-state index in [0.717, 1.165) is 18.1 Å². The van der Waals surface area contributed by atoms with E-state index >= 15 is 0 Å². The van der Waals surface area contributed by atoms with Crippen molar-refractivity contribution in [3.05, 3.63) is 102 Å². The number of cyclic esters (lactones) is 2. The lowest BCUT2D eigenvalue weighted by Crippen LogP contribution is -2.54. The minimum Gasteiger partial charge on any atom is -0.457 e. The Morgan fingerprint density at radius 2 is 1.04 bits per heavy atom. The number of methoxy groups -OCH3 is 2. The summed E-state index contributed by atoms with van der Waals surface area (Å²) >= 11 is 0. The first-order valence-corrected chi connectivity index (χ1v) is 45.0. The van der Waals surface area contributed by atoms with E-state index < -0.39 is 156 Å². The third-order valence-corrected chi connectivity index (χ3v) is 32.9. The number of carbonyl (C=O) groups excluding carboxylic acids is 4. The Morgan fingerprint density at radius 3 is 1.40 bits per heavy atom. The van der Waals surface area contributed by atoms with E-state index in [1.807, 2.05) is 27.7 Å². The molecule has 0 aliphatic carbocycles. The van der Waals surface area contributed by atoms with Gasteiger partial charge in [-0.1, -0.05) is 132 Å². The Morgan fingerprint density at radius 1 is 0.654 bits per heavy atom. The van der Waals surface area contributed by atoms with Gasteiger partial charge in [-0.2, -0.15) is 0 Å². The molecular weight excluding hydrogens is 1440 g/mol. The van der Waals surface area contributed by atoms with Gasteiger partial charge in [0.1, 0.15) is 47.8 Å². The number of ether oxygens (including phenoxy) is 8. The number of nitrogens with one attached hydrogen (secondary N) is 1. The molecule has 6 unspecified atom stereocenters. The summed E-state index contributed by atoms with van der Waals surface area (Å²) in [4.78, 5) is 50.8. The number of esters is 4. The van der Waals surface area contributed by atoms with Gasteiger partial charge in [-0.3, -0.25) is 19.2 Å². The van der Waals surface area contributed by atoms with E-state index in [1.54, 1.807) is 97.4 Å². The molecule has 0 radical (unpaired) electrons. The van der Waals surface area contributed by atoms with Crippen molar-refractivity contribution in [2.75, 3.05) is 14.2 Å². The topological polar surface area (TPSA) is 320 Å². The van der Waals surface area contributed by atoms with Gasteiger partial charge < -0.3 is 72.9 Å². The smallest absolute Gasteiger partial charge is 0.308 e. The molecule has 1 aromatic rings. The standard InChI is InChI=1S/C43H67F2NO11SSi.C37H65NO9Si/c1-14-34(53-11)28(4)38-39(56-38)40(46-58(51,52)31-18-19-32(44)33(45)25-31)43(10,50)22-15-16-26(2)37-27(3)17-20-35(54-29(5)47)42(9,49)23-21-30(24-36(48)55-37)57-59(12,13)41(6,7)8;1-14-28(43-11)25(4)32-33(46-32)34(38)37(10,42)20-15-16-23(2)31-24(3)17-18-29(44-26(5)39)36(9,41)21-19-27(22-30(40)45-31)47-48(12,13)35(6,7)8/h15-20,22,25,27-28,30,34-35,37-40,46,49-50H,14,21,23-24H2,1-13H3;15-18,20,24-25,27-29,31-34,41-42H,14,19,21-22,38H2,1-13H3/b20-17+,22-15+,26-16+;18-17+,20-15+,23-16+/t27-,28+,30+,34-,35-,37?,38+,39-,40?,42+,43?;24-,25+,27+,28-,29-,31?,32+,33-,34?,36+,37?/m00/s1. The number of hydrogen-bond acceptors (Lipinski definition) is 21. The van der Waals surface area contributed by atoms with Gasteiger partial charge in [-0.15, -0.1) is 0 Å². The quantitative estimate of drug-likeness (QED) is 0.0119. The second-order valence-corrected chi connectivity index (χ2v) is 45.2. The fourth-order valence-corrected chi connectivity index (χ4v) is 17.3. The van der Waals surface area contributed by atoms with Crippen molar-refractivity contribution in [1.29, 1.82) is 0 Å². The maximum atomic E-state index is 14.1. The summed E-state index contributed by atoms with van der Waals surface area (Å²) in [6.07, 6.45) is 12.6. The molecule has 22 nitrogen and oxygen atoms in total. The third-order valence-electron chi connectivity index (χ3n) is 22.4. The lowest BCUT2D eigenvalue weighted by Gasteiger charge is -2.40. The van der Waals surface area contributed by atoms with E-state index in [1.165, 1.54) is 32.9 Å². The first kappa shape index (κ1) is 94.7. The Kier molecular flexibility index (Phi) is 34.2. The summed E-state index contributed by atoms with van der Waals surface area (Å²) < 4.78 is 117. The van der Waals surface area contributed by atoms with Crippen molar-refractivity contribution < 1.29 is 104 Å². The minimum absolute atomic E-state index is 0.0172. The van der Waals surface area contributed by atoms with Gasteiger partial charge >= 0.3 is 23.9 Å². The summed E-state index contributed by atoms with van der Waals surface area (Å²) in [7, 11) is -5.91. The van der Waals surface area contributed by atoms with Crippen LogP contribution < -0.4 is 10.5 Å². The minimum atomic E-state index is -4.50. The van der Waals surface area contributed by atoms with Gasteiger partial charge in [0, 0.05) is 51.7 Å². The normalized spacial score (nSPS) is 31.3. The number of epoxide rings is 2. The van der Waals surface area contributed by atoms with Gasteiger partial charge in [-0.05, 0) is 158 Å². The van der Waals surface area contributed by atoms with Crippen molar-refractivity contribution in [2.45, 2.75) is 339 Å². The molecule has 5 rings (SSSR count). The average molecular weight is 1570 g/mol. The highest BCUT2D eigenvalue weighted by atomic mass is 32.2. The van der Waals surface area contributed by atoms with Crippen LogP contribution in [0.5, 0.6) is 0 Å². The van der Waals surface area contributed by atoms with Crippen molar-refractivity contribution in [3.63, 3.8) is 0 Å². The zero-order valence-corrected chi connectivity index (χ0v) is 71.4. The fourth-order valence-electron chi connectivity index (χ4n) is 13.2. The molecule has 27 heteroatoms. The highest BCUT2D eigenvalue weighted by Gasteiger charge is 2.56. The zero-order chi connectivity index (χ0) is 81.7. The van der Waals surface area contributed by atoms with E-state index in [9.17, 15) is 56.8 Å². The molecule has 22 atom stereocenters. The number of carbonyl (C=O) groups is 4. The van der Waals surface area contributed by atoms with Crippen molar-refractivity contribution in [1.82, 2.24) is 4.72 Å². The monoisotopic (exact) mass is 1570 g/mol. The van der Waals surface area contributed by atoms with Gasteiger partial charge in [0.25, 0.3) is 0 Å². The summed E-state index contributed by atoms with van der Waals surface area (Å²) in [5.74, 6) is -5.45. The number of nitrogens with two attached hydrogens (primary N) is 1. The van der Waals surface area contributed by atoms with Gasteiger partial charge in [-0.25, -0.2) is 21.9 Å². The van der Waals surface area contributed by atoms with Crippen molar-refractivity contribution in [3.8, 4) is 0 Å². The number of sulfonamides is 1. The van der Waals surface area contributed by atoms with Gasteiger partial charge in [0.15, 0.2) is 28.3 Å². The molecule has 0 amide bonds. The maximum absolute atomic E-state index is 14.1. The average Bonchev–Trinajstić information content (AvgIpc) is 1.68. The van der Waals surface area contributed by atoms with Crippen LogP contribution in [-0.4, -0.2) is 191 Å². The van der Waals surface area contributed by atoms with Gasteiger partial charge in [0.05, 0.1) is 77.6 Å². The van der Waals surface area contributed by atoms with Gasteiger partial charge in [0.2, 0.25) is 10.0 Å². The lowest BCUT2D eigenvalue weighted by molar-refractivity contribution is -0.158. The van der Waals surface area contributed by atoms with E-state index in [2.05, 4.69) is 86.3 Å². The molecule has 0 spiro atoms. The highest BCUT2D eigenvalue weighted by Crippen LogP contribution is 2.44. The Hall–Kier alpha value is -4.70. The molecule has 0 bridgehead atoms. The van der Waals surface area contributed by atoms with Crippen LogP contribution in [0.25, 0.3) is 0 Å². The molecule has 1 aromatic carbocycles. The molecule has 610 valence electrons. The molecule has 107 heavy (non-hydrogen) atoms. The maximum Gasteiger partial charge on any atom is 0.308 e. The van der Waals surface area contributed by atoms with Crippen LogP contribution in [0.1, 0.15) is 190 Å². The predicted octanol–water partition coefficient (Wildman–Crippen LogP) is 12.8. The molecular formula is C80H132F2N2O20SSi2. The second kappa shape index (κ2) is 38.7. The SMILES string of the molecule is CC[C@H](OC)[C@@H](C)[C@H]1O[C@@H]1C(N)C(C)(O)/C=C/C=C(\C)C1OC(=O)C[C@H](O[Si](C)(C)C(C)(C)C)CC[C@@](C)(O)[C@@H](OC(C)=O)/C=C/[C@@H]1C.CC[C@H](OC)[C@@H](C)[C@H]1O[C@@H]1C(NS(=O)(=O)c1ccc(F)c(F)c1)C(C)(O)/C=C/C=C(\C)C1OC(=O)C[C@H](O[Si](C)(C)C(C)(C)C)CC[C@@](C)(O)[C@@H](OC(C)=O)/C=C/[C@@H]1C. The second-order valence-electron chi connectivity index (χ2n) is 34.0. The van der Waals surface area contributed by atoms with Crippen molar-refractivity contribution in [2.24, 2.45) is 29.4 Å². The summed E-state index contributed by atoms with van der Waals surface area (Å²) in [6.45, 7) is 45.2. The zero-order valence-electron chi connectivity index (χ0n) is 68.6. The number of rotatable bonds is 27. The van der Waals surface area contributed by atoms with Crippen LogP contribution in [0.4, 0.5) is 8.78 Å². The van der Waals surface area contributed by atoms with E-state index in [-0.39, 0.29) is 77.9 Å². The largest absolute Gasteiger partial charge is 0.457 e. The molecule has 4 aliphatic rings. The van der Waals surface area contributed by atoms with Crippen molar-refractivity contribution >= 4 is 50.5 Å². The fraction of sp³-hybridized carbons (Fsp3) is 0.725. The summed E-state index contributed by atoms with van der Waals surface area (Å²) in [6, 6.07) is 0.247. The molecule has 2 saturated heterocycles. The highest BCUT2D eigenvalue weighted by molar-refractivity contribution is 7.89. The van der Waals surface area contributed by atoms with Crippen LogP contribution in [0.2, 0.25) is 36.3 Å². The summed E-state index contributed by atoms with van der Waals surface area (Å²) in [5.41, 5.74) is 1.61. The van der Waals surface area contributed by atoms with Crippen LogP contribution in [-0.2, 0) is 75.9 Å². The predicted molar refractivity (Wildman–Crippen MR) is 414 cm³/mol. The number of halogens is 2. The van der Waals surface area contributed by atoms with E-state index in [0.29, 0.717) is 37.0 Å². The number of benzene rings is 1. The Labute approximate surface area is 639 Å². The first-order valence-electron chi connectivity index (χ1n) is 37.7. The van der Waals surface area contributed by atoms with E-state index in [4.69, 9.17) is 52.5 Å². The van der Waals surface area contributed by atoms with Crippen LogP contribution in [0.3, 0.4) is 0 Å². The number of hydrogen-bond donors (Lipinski definition) is 6. The molecule has 0 saturated carbocycles. The Balaban J connectivity index is 0.000000462. The summed E-state index contributed by atoms with van der Waals surface area (Å²) in [5, 5.41) is 46.0. The molecule has 4 aliphatic heterocycles. The molecule has 4 heterocycles. The molecule has 2 fully saturated rings. The van der Waals surface area contributed by atoms with Crippen LogP contribution >= 0.6 is 0 Å².